The van der Waals surface area contributed by atoms with Crippen LogP contribution in [0.4, 0.5) is 11.4 Å². The Morgan fingerprint density at radius 2 is 1.73 bits per heavy atom. The highest BCUT2D eigenvalue weighted by atomic mass is 16.6. The Bertz CT molecular complexity index is 726. The molecule has 2 bridgehead atoms. The maximum Gasteiger partial charge on any atom is 0.293 e. The highest BCUT2D eigenvalue weighted by Crippen LogP contribution is 2.47. The van der Waals surface area contributed by atoms with Crippen molar-refractivity contribution in [2.24, 2.45) is 11.8 Å². The SMILES string of the molecule is Cc1ccc(N2C(=O)[C@@H]3[C@@H](C2=O)[C@H]2C=C[C@@H]3O2)c([N+](=O)[O-])c1. The van der Waals surface area contributed by atoms with Crippen molar-refractivity contribution < 1.29 is 19.2 Å². The number of hydrogen-bond donors (Lipinski definition) is 0. The van der Waals surface area contributed by atoms with Crippen LogP contribution in [-0.4, -0.2) is 28.9 Å². The Morgan fingerprint density at radius 1 is 1.14 bits per heavy atom. The fourth-order valence-corrected chi connectivity index (χ4v) is 3.51. The van der Waals surface area contributed by atoms with Crippen molar-refractivity contribution in [2.75, 3.05) is 4.90 Å². The van der Waals surface area contributed by atoms with Crippen LogP contribution in [-0.2, 0) is 14.3 Å². The van der Waals surface area contributed by atoms with Crippen LogP contribution in [0.15, 0.2) is 30.4 Å². The fraction of sp³-hybridized carbons (Fsp3) is 0.333. The highest BCUT2D eigenvalue weighted by molar-refractivity contribution is 6.24. The number of anilines is 1. The first-order chi connectivity index (χ1) is 10.5. The zero-order valence-electron chi connectivity index (χ0n) is 11.6. The number of fused-ring (bicyclic) bond motifs is 5. The molecule has 3 heterocycles. The van der Waals surface area contributed by atoms with Gasteiger partial charge in [0.15, 0.2) is 0 Å². The van der Waals surface area contributed by atoms with Crippen LogP contribution < -0.4 is 4.90 Å². The molecule has 3 aliphatic rings. The number of imide groups is 1. The van der Waals surface area contributed by atoms with E-state index < -0.39 is 40.8 Å². The van der Waals surface area contributed by atoms with Crippen molar-refractivity contribution in [3.8, 4) is 0 Å². The summed E-state index contributed by atoms with van der Waals surface area (Å²) in [4.78, 5) is 36.9. The number of nitrogens with zero attached hydrogens (tertiary/aromatic N) is 2. The Balaban J connectivity index is 1.81. The molecule has 3 aliphatic heterocycles. The second-order valence-electron chi connectivity index (χ2n) is 5.76. The van der Waals surface area contributed by atoms with Gasteiger partial charge in [-0.1, -0.05) is 18.2 Å². The Labute approximate surface area is 125 Å². The number of nitro benzene ring substituents is 1. The van der Waals surface area contributed by atoms with Crippen molar-refractivity contribution in [2.45, 2.75) is 19.1 Å². The average Bonchev–Trinajstić information content (AvgIpc) is 3.14. The quantitative estimate of drug-likeness (QED) is 0.356. The number of aryl methyl sites for hydroxylation is 1. The van der Waals surface area contributed by atoms with Gasteiger partial charge in [0, 0.05) is 6.07 Å². The summed E-state index contributed by atoms with van der Waals surface area (Å²) in [7, 11) is 0. The summed E-state index contributed by atoms with van der Waals surface area (Å²) in [5.74, 6) is -1.97. The first-order valence-electron chi connectivity index (χ1n) is 6.95. The molecule has 0 N–H and O–H groups in total. The van der Waals surface area contributed by atoms with Gasteiger partial charge >= 0.3 is 0 Å². The molecule has 2 amide bonds. The first kappa shape index (κ1) is 13.1. The van der Waals surface area contributed by atoms with Gasteiger partial charge in [-0.2, -0.15) is 0 Å². The molecule has 2 saturated heterocycles. The second kappa shape index (κ2) is 4.23. The van der Waals surface area contributed by atoms with Crippen molar-refractivity contribution in [3.05, 3.63) is 46.0 Å². The molecule has 4 atom stereocenters. The van der Waals surface area contributed by atoms with Crippen LogP contribution in [0.1, 0.15) is 5.56 Å². The van der Waals surface area contributed by atoms with Crippen molar-refractivity contribution >= 4 is 23.2 Å². The lowest BCUT2D eigenvalue weighted by atomic mass is 9.85. The predicted octanol–water partition coefficient (Wildman–Crippen LogP) is 1.35. The Hall–Kier alpha value is -2.54. The number of nitro groups is 1. The van der Waals surface area contributed by atoms with Crippen molar-refractivity contribution in [1.29, 1.82) is 0 Å². The predicted molar refractivity (Wildman–Crippen MR) is 75.1 cm³/mol. The van der Waals surface area contributed by atoms with Crippen molar-refractivity contribution in [3.63, 3.8) is 0 Å². The molecule has 0 radical (unpaired) electrons. The summed E-state index contributed by atoms with van der Waals surface area (Å²) in [6, 6.07) is 4.48. The number of amides is 2. The minimum absolute atomic E-state index is 0.0411. The number of ether oxygens (including phenoxy) is 1. The summed E-state index contributed by atoms with van der Waals surface area (Å²) in [5.41, 5.74) is 0.502. The van der Waals surface area contributed by atoms with Gasteiger partial charge in [0.25, 0.3) is 5.69 Å². The molecule has 2 fully saturated rings. The van der Waals surface area contributed by atoms with Crippen LogP contribution in [0.3, 0.4) is 0 Å². The molecule has 0 aromatic heterocycles. The summed E-state index contributed by atoms with van der Waals surface area (Å²) in [6.07, 6.45) is 2.76. The number of hydrogen-bond acceptors (Lipinski definition) is 5. The van der Waals surface area contributed by atoms with E-state index in [1.165, 1.54) is 12.1 Å². The van der Waals surface area contributed by atoms with E-state index in [0.29, 0.717) is 5.56 Å². The molecule has 0 saturated carbocycles. The molecule has 7 nitrogen and oxygen atoms in total. The smallest absolute Gasteiger partial charge is 0.293 e. The summed E-state index contributed by atoms with van der Waals surface area (Å²) in [5, 5.41) is 11.3. The third-order valence-corrected chi connectivity index (χ3v) is 4.48. The molecule has 1 aromatic rings. The largest absolute Gasteiger partial charge is 0.365 e. The first-order valence-corrected chi connectivity index (χ1v) is 6.95. The number of rotatable bonds is 2. The van der Waals surface area contributed by atoms with Gasteiger partial charge in [-0.15, -0.1) is 0 Å². The van der Waals surface area contributed by atoms with E-state index in [4.69, 9.17) is 4.74 Å². The molecule has 0 aliphatic carbocycles. The molecular weight excluding hydrogens is 288 g/mol. The standard InChI is InChI=1S/C15H12N2O5/c1-7-2-3-8(9(6-7)17(20)21)16-14(18)12-10-4-5-11(22-10)13(12)15(16)19/h2-6,10-13H,1H3/t10-,11+,12-,13-/m0/s1. The zero-order chi connectivity index (χ0) is 15.6. The third kappa shape index (κ3) is 1.54. The topological polar surface area (TPSA) is 89.8 Å². The second-order valence-corrected chi connectivity index (χ2v) is 5.76. The lowest BCUT2D eigenvalue weighted by Crippen LogP contribution is -2.34. The lowest BCUT2D eigenvalue weighted by molar-refractivity contribution is -0.384. The molecule has 22 heavy (non-hydrogen) atoms. The monoisotopic (exact) mass is 300 g/mol. The van der Waals surface area contributed by atoms with E-state index in [1.807, 2.05) is 0 Å². The molecule has 112 valence electrons. The fourth-order valence-electron chi connectivity index (χ4n) is 3.51. The van der Waals surface area contributed by atoms with Gasteiger partial charge < -0.3 is 4.74 Å². The molecule has 7 heteroatoms. The minimum atomic E-state index is -0.569. The normalized spacial score (nSPS) is 32.0. The van der Waals surface area contributed by atoms with Gasteiger partial charge in [-0.25, -0.2) is 4.90 Å². The van der Waals surface area contributed by atoms with Crippen LogP contribution >= 0.6 is 0 Å². The maximum atomic E-state index is 12.6. The lowest BCUT2D eigenvalue weighted by Gasteiger charge is -2.17. The molecule has 0 unspecified atom stereocenters. The van der Waals surface area contributed by atoms with E-state index in [0.717, 1.165) is 4.90 Å². The summed E-state index contributed by atoms with van der Waals surface area (Å²) < 4.78 is 5.55. The molecule has 1 aromatic carbocycles. The van der Waals surface area contributed by atoms with Gasteiger partial charge in [0.2, 0.25) is 11.8 Å². The summed E-state index contributed by atoms with van der Waals surface area (Å²) >= 11 is 0. The third-order valence-electron chi connectivity index (χ3n) is 4.48. The Morgan fingerprint density at radius 3 is 2.27 bits per heavy atom. The van der Waals surface area contributed by atoms with Crippen LogP contribution in [0.25, 0.3) is 0 Å². The molecule has 0 spiro atoms. The van der Waals surface area contributed by atoms with E-state index in [2.05, 4.69) is 0 Å². The van der Waals surface area contributed by atoms with E-state index in [9.17, 15) is 19.7 Å². The van der Waals surface area contributed by atoms with Gasteiger partial charge in [-0.05, 0) is 18.6 Å². The van der Waals surface area contributed by atoms with Gasteiger partial charge in [-0.3, -0.25) is 19.7 Å². The number of carbonyl (C=O) groups is 2. The molecule has 4 rings (SSSR count). The van der Waals surface area contributed by atoms with Gasteiger partial charge in [0.1, 0.15) is 5.69 Å². The van der Waals surface area contributed by atoms with Crippen LogP contribution in [0.2, 0.25) is 0 Å². The number of benzene rings is 1. The zero-order valence-corrected chi connectivity index (χ0v) is 11.6. The van der Waals surface area contributed by atoms with E-state index in [-0.39, 0.29) is 11.4 Å². The molecular formula is C15H12N2O5. The Kier molecular flexibility index (Phi) is 2.53. The van der Waals surface area contributed by atoms with Crippen LogP contribution in [0.5, 0.6) is 0 Å². The van der Waals surface area contributed by atoms with Crippen molar-refractivity contribution in [1.82, 2.24) is 0 Å². The number of carbonyl (C=O) groups excluding carboxylic acids is 2. The maximum absolute atomic E-state index is 12.6. The highest BCUT2D eigenvalue weighted by Gasteiger charge is 2.61. The minimum Gasteiger partial charge on any atom is -0.365 e. The van der Waals surface area contributed by atoms with E-state index in [1.54, 1.807) is 25.1 Å². The van der Waals surface area contributed by atoms with E-state index >= 15 is 0 Å². The average molecular weight is 300 g/mol. The van der Waals surface area contributed by atoms with Crippen LogP contribution in [0, 0.1) is 28.9 Å². The summed E-state index contributed by atoms with van der Waals surface area (Å²) in [6.45, 7) is 1.72. The van der Waals surface area contributed by atoms with Gasteiger partial charge in [0.05, 0.1) is 29.0 Å².